The molecule has 0 aliphatic carbocycles. The summed E-state index contributed by atoms with van der Waals surface area (Å²) in [4.78, 5) is 28.2. The Kier molecular flexibility index (Phi) is 6.38. The van der Waals surface area contributed by atoms with Crippen LogP contribution in [0, 0.1) is 0 Å². The van der Waals surface area contributed by atoms with Gasteiger partial charge in [0, 0.05) is 10.7 Å². The highest BCUT2D eigenvalue weighted by Gasteiger charge is 2.41. The Hall–Kier alpha value is -3.77. The second-order valence-corrected chi connectivity index (χ2v) is 8.13. The molecule has 0 radical (unpaired) electrons. The Morgan fingerprint density at radius 2 is 1.55 bits per heavy atom. The summed E-state index contributed by atoms with van der Waals surface area (Å²) in [7, 11) is 1.50. The minimum atomic E-state index is -0.475. The van der Waals surface area contributed by atoms with E-state index in [9.17, 15) is 9.59 Å². The summed E-state index contributed by atoms with van der Waals surface area (Å²) in [5, 5.41) is 3.68. The number of imide groups is 1. The van der Waals surface area contributed by atoms with Crippen molar-refractivity contribution in [3.8, 4) is 11.5 Å². The van der Waals surface area contributed by atoms with E-state index in [-0.39, 0.29) is 17.4 Å². The van der Waals surface area contributed by atoms with Crippen molar-refractivity contribution in [1.82, 2.24) is 0 Å². The zero-order valence-corrected chi connectivity index (χ0v) is 19.2. The molecule has 7 heteroatoms. The highest BCUT2D eigenvalue weighted by Crippen LogP contribution is 2.38. The number of carbonyl (C=O) groups excluding carboxylic acids is 2. The molecule has 0 spiro atoms. The first-order valence-electron chi connectivity index (χ1n) is 10.4. The van der Waals surface area contributed by atoms with Gasteiger partial charge in [-0.1, -0.05) is 35.9 Å². The van der Waals surface area contributed by atoms with Crippen molar-refractivity contribution in [2.75, 3.05) is 17.3 Å². The molecule has 0 saturated carbocycles. The summed E-state index contributed by atoms with van der Waals surface area (Å²) in [5.74, 6) is 0.212. The number of nitrogens with zero attached hydrogens (tertiary/aromatic N) is 1. The van der Waals surface area contributed by atoms with Crippen LogP contribution >= 0.6 is 11.6 Å². The van der Waals surface area contributed by atoms with Crippen LogP contribution in [0.2, 0.25) is 5.02 Å². The number of nitrogens with one attached hydrogen (secondary N) is 1. The highest BCUT2D eigenvalue weighted by molar-refractivity contribution is 6.46. The van der Waals surface area contributed by atoms with Crippen LogP contribution in [0.1, 0.15) is 19.4 Å². The largest absolute Gasteiger partial charge is 0.495 e. The van der Waals surface area contributed by atoms with Crippen LogP contribution in [-0.4, -0.2) is 25.0 Å². The molecule has 3 aromatic rings. The first-order valence-corrected chi connectivity index (χ1v) is 10.8. The maximum Gasteiger partial charge on any atom is 0.282 e. The first kappa shape index (κ1) is 22.4. The van der Waals surface area contributed by atoms with Crippen molar-refractivity contribution in [2.45, 2.75) is 20.0 Å². The third-order valence-corrected chi connectivity index (χ3v) is 5.29. The van der Waals surface area contributed by atoms with Gasteiger partial charge in [0.05, 0.1) is 24.5 Å². The lowest BCUT2D eigenvalue weighted by Gasteiger charge is -2.18. The van der Waals surface area contributed by atoms with Gasteiger partial charge in [-0.3, -0.25) is 9.59 Å². The molecule has 4 rings (SSSR count). The minimum Gasteiger partial charge on any atom is -0.495 e. The van der Waals surface area contributed by atoms with Crippen LogP contribution in [0.4, 0.5) is 11.4 Å². The van der Waals surface area contributed by atoms with Crippen molar-refractivity contribution in [2.24, 2.45) is 0 Å². The number of hydrogen-bond acceptors (Lipinski definition) is 5. The molecule has 3 aromatic carbocycles. The van der Waals surface area contributed by atoms with Gasteiger partial charge in [-0.25, -0.2) is 4.90 Å². The summed E-state index contributed by atoms with van der Waals surface area (Å²) in [6.07, 6.45) is 0.0477. The molecule has 1 aliphatic rings. The predicted octanol–water partition coefficient (Wildman–Crippen LogP) is 5.53. The molecule has 0 bridgehead atoms. The van der Waals surface area contributed by atoms with Crippen LogP contribution in [0.25, 0.3) is 5.57 Å². The van der Waals surface area contributed by atoms with E-state index in [4.69, 9.17) is 21.1 Å². The van der Waals surface area contributed by atoms with Gasteiger partial charge in [0.15, 0.2) is 0 Å². The Morgan fingerprint density at radius 3 is 2.18 bits per heavy atom. The average molecular weight is 463 g/mol. The molecule has 0 saturated heterocycles. The third-order valence-electron chi connectivity index (χ3n) is 5.04. The van der Waals surface area contributed by atoms with Crippen LogP contribution in [0.15, 0.2) is 78.5 Å². The highest BCUT2D eigenvalue weighted by atomic mass is 35.5. The SMILES string of the molecule is COc1ccccc1N1C(=O)C(Nc2ccc(OC(C)C)cc2)=C(c2ccc(Cl)cc2)C1=O. The Bertz CT molecular complexity index is 1220. The van der Waals surface area contributed by atoms with Crippen molar-refractivity contribution in [1.29, 1.82) is 0 Å². The minimum absolute atomic E-state index is 0.0477. The molecule has 0 aromatic heterocycles. The molecule has 6 nitrogen and oxygen atoms in total. The van der Waals surface area contributed by atoms with Gasteiger partial charge in [0.25, 0.3) is 11.8 Å². The maximum absolute atomic E-state index is 13.5. The Morgan fingerprint density at radius 1 is 0.879 bits per heavy atom. The topological polar surface area (TPSA) is 67.9 Å². The maximum atomic E-state index is 13.5. The van der Waals surface area contributed by atoms with Gasteiger partial charge in [-0.15, -0.1) is 0 Å². The lowest BCUT2D eigenvalue weighted by Crippen LogP contribution is -2.32. The standard InChI is InChI=1S/C26H23ClN2O4/c1-16(2)33-20-14-12-19(13-15-20)28-24-23(17-8-10-18(27)11-9-17)25(30)29(26(24)31)21-6-4-5-7-22(21)32-3/h4-16,28H,1-3H3. The smallest absolute Gasteiger partial charge is 0.282 e. The number of methoxy groups -OCH3 is 1. The summed E-state index contributed by atoms with van der Waals surface area (Å²) < 4.78 is 11.1. The van der Waals surface area contributed by atoms with Crippen LogP contribution < -0.4 is 19.7 Å². The van der Waals surface area contributed by atoms with E-state index in [1.165, 1.54) is 7.11 Å². The summed E-state index contributed by atoms with van der Waals surface area (Å²) in [6, 6.07) is 20.9. The molecular formula is C26H23ClN2O4. The van der Waals surface area contributed by atoms with Gasteiger partial charge in [-0.05, 0) is 67.9 Å². The number of benzene rings is 3. The summed E-state index contributed by atoms with van der Waals surface area (Å²) in [5.41, 5.74) is 2.03. The van der Waals surface area contributed by atoms with Crippen molar-refractivity contribution >= 4 is 40.4 Å². The Balaban J connectivity index is 1.76. The second-order valence-electron chi connectivity index (χ2n) is 7.69. The first-order chi connectivity index (χ1) is 15.9. The molecule has 0 atom stereocenters. The molecule has 0 fully saturated rings. The van der Waals surface area contributed by atoms with Crippen LogP contribution in [0.5, 0.6) is 11.5 Å². The number of hydrogen-bond donors (Lipinski definition) is 1. The zero-order chi connectivity index (χ0) is 23.5. The van der Waals surface area contributed by atoms with Gasteiger partial charge >= 0.3 is 0 Å². The van der Waals surface area contributed by atoms with E-state index in [0.717, 1.165) is 4.90 Å². The zero-order valence-electron chi connectivity index (χ0n) is 18.5. The van der Waals surface area contributed by atoms with E-state index in [1.807, 2.05) is 26.0 Å². The molecule has 33 heavy (non-hydrogen) atoms. The van der Waals surface area contributed by atoms with Gasteiger partial charge < -0.3 is 14.8 Å². The van der Waals surface area contributed by atoms with Crippen LogP contribution in [0.3, 0.4) is 0 Å². The number of halogens is 1. The van der Waals surface area contributed by atoms with Crippen molar-refractivity contribution < 1.29 is 19.1 Å². The van der Waals surface area contributed by atoms with Gasteiger partial charge in [-0.2, -0.15) is 0 Å². The molecule has 1 heterocycles. The van der Waals surface area contributed by atoms with E-state index >= 15 is 0 Å². The van der Waals surface area contributed by atoms with E-state index in [2.05, 4.69) is 5.32 Å². The lowest BCUT2D eigenvalue weighted by molar-refractivity contribution is -0.120. The summed E-state index contributed by atoms with van der Waals surface area (Å²) >= 11 is 6.04. The van der Waals surface area contributed by atoms with Gasteiger partial charge in [0.2, 0.25) is 0 Å². The summed E-state index contributed by atoms with van der Waals surface area (Å²) in [6.45, 7) is 3.90. The third kappa shape index (κ3) is 4.56. The van der Waals surface area contributed by atoms with E-state index in [0.29, 0.717) is 33.5 Å². The number of para-hydroxylation sites is 2. The monoisotopic (exact) mass is 462 g/mol. The van der Waals surface area contributed by atoms with Crippen molar-refractivity contribution in [3.63, 3.8) is 0 Å². The fraction of sp³-hybridized carbons (Fsp3) is 0.154. The molecule has 1 aliphatic heterocycles. The molecule has 2 amide bonds. The molecule has 0 unspecified atom stereocenters. The predicted molar refractivity (Wildman–Crippen MR) is 130 cm³/mol. The van der Waals surface area contributed by atoms with Gasteiger partial charge in [0.1, 0.15) is 17.2 Å². The number of anilines is 2. The normalized spacial score (nSPS) is 13.7. The quantitative estimate of drug-likeness (QED) is 0.467. The molecule has 168 valence electrons. The van der Waals surface area contributed by atoms with Crippen LogP contribution in [-0.2, 0) is 9.59 Å². The van der Waals surface area contributed by atoms with E-state index in [1.54, 1.807) is 60.7 Å². The Labute approximate surface area is 197 Å². The fourth-order valence-corrected chi connectivity index (χ4v) is 3.72. The van der Waals surface area contributed by atoms with E-state index < -0.39 is 11.8 Å². The number of amides is 2. The molecule has 1 N–H and O–H groups in total. The molecular weight excluding hydrogens is 440 g/mol. The average Bonchev–Trinajstić information content (AvgIpc) is 3.04. The number of rotatable bonds is 7. The van der Waals surface area contributed by atoms with Crippen molar-refractivity contribution in [3.05, 3.63) is 89.1 Å². The second kappa shape index (κ2) is 9.38. The number of carbonyl (C=O) groups is 2. The fourth-order valence-electron chi connectivity index (χ4n) is 3.60. The lowest BCUT2D eigenvalue weighted by atomic mass is 10.0. The number of ether oxygens (including phenoxy) is 2.